The highest BCUT2D eigenvalue weighted by atomic mass is 35.5. The van der Waals surface area contributed by atoms with Crippen molar-refractivity contribution < 1.29 is 4.79 Å². The Morgan fingerprint density at radius 1 is 0.538 bits per heavy atom. The quantitative estimate of drug-likeness (QED) is 0.186. The van der Waals surface area contributed by atoms with Gasteiger partial charge in [0.1, 0.15) is 4.33 Å². The molecule has 224 valence electrons. The molecule has 0 heterocycles. The third kappa shape index (κ3) is 5.91. The van der Waals surface area contributed by atoms with Gasteiger partial charge in [-0.15, -0.1) is 0 Å². The van der Waals surface area contributed by atoms with Crippen molar-refractivity contribution >= 4 is 29.0 Å². The van der Waals surface area contributed by atoms with Gasteiger partial charge in [0.15, 0.2) is 5.78 Å². The third-order valence-electron chi connectivity index (χ3n) is 13.4. The second kappa shape index (κ2) is 13.3. The summed E-state index contributed by atoms with van der Waals surface area (Å²) in [5, 5.41) is 0. The number of Topliss-reactive ketones (excluding diaryl/α,β-unsaturated/α-hetero) is 1. The zero-order valence-electron chi connectivity index (χ0n) is 25.6. The second-order valence-corrected chi connectivity index (χ2v) is 16.6. The molecule has 0 unspecified atom stereocenters. The zero-order chi connectivity index (χ0) is 27.5. The van der Waals surface area contributed by atoms with Gasteiger partial charge in [0.2, 0.25) is 0 Å². The Morgan fingerprint density at radius 2 is 0.872 bits per heavy atom. The summed E-state index contributed by atoms with van der Waals surface area (Å²) in [6.45, 7) is 4.62. The van der Waals surface area contributed by atoms with Crippen LogP contribution < -0.4 is 0 Å². The van der Waals surface area contributed by atoms with E-state index in [1.807, 2.05) is 0 Å². The fourth-order valence-corrected chi connectivity index (χ4v) is 11.8. The Balaban J connectivity index is 1.08. The molecule has 1 nitrogen and oxygen atoms in total. The van der Waals surface area contributed by atoms with E-state index in [9.17, 15) is 4.79 Å². The van der Waals surface area contributed by atoms with E-state index >= 15 is 0 Å². The van der Waals surface area contributed by atoms with Gasteiger partial charge >= 0.3 is 0 Å². The lowest BCUT2D eigenvalue weighted by Crippen LogP contribution is -2.74. The van der Waals surface area contributed by atoms with E-state index in [1.165, 1.54) is 128 Å². The Hall–Kier alpha value is 0.250. The molecule has 3 heteroatoms. The normalized spacial score (nSPS) is 42.5. The Morgan fingerprint density at radius 3 is 1.18 bits per heavy atom. The van der Waals surface area contributed by atoms with E-state index in [4.69, 9.17) is 23.2 Å². The molecule has 5 rings (SSSR count). The first-order valence-corrected chi connectivity index (χ1v) is 18.5. The van der Waals surface area contributed by atoms with Crippen molar-refractivity contribution in [2.45, 2.75) is 172 Å². The van der Waals surface area contributed by atoms with Gasteiger partial charge in [-0.05, 0) is 113 Å². The minimum absolute atomic E-state index is 0.437. The summed E-state index contributed by atoms with van der Waals surface area (Å²) < 4.78 is -0.832. The van der Waals surface area contributed by atoms with Crippen molar-refractivity contribution in [2.24, 2.45) is 46.3 Å². The summed E-state index contributed by atoms with van der Waals surface area (Å²) in [7, 11) is 0. The lowest BCUT2D eigenvalue weighted by molar-refractivity contribution is -0.173. The SMILES string of the molecule is CCCCC[C@H]1CC[C@H](C2CCC3(CC2)C(=O)C2(CCC([C@H]4CC[C@H](CCCCC)CC4)CC2)C3(Cl)Cl)CC1. The summed E-state index contributed by atoms with van der Waals surface area (Å²) in [5.41, 5.74) is -0.874. The van der Waals surface area contributed by atoms with Crippen LogP contribution in [-0.2, 0) is 4.79 Å². The highest BCUT2D eigenvalue weighted by molar-refractivity contribution is 6.55. The smallest absolute Gasteiger partial charge is 0.151 e. The molecular weight excluding hydrogens is 519 g/mol. The molecule has 0 saturated heterocycles. The van der Waals surface area contributed by atoms with Crippen LogP contribution in [0.3, 0.4) is 0 Å². The van der Waals surface area contributed by atoms with Gasteiger partial charge in [-0.25, -0.2) is 0 Å². The first-order valence-electron chi connectivity index (χ1n) is 17.8. The van der Waals surface area contributed by atoms with Crippen molar-refractivity contribution in [1.82, 2.24) is 0 Å². The Kier molecular flexibility index (Phi) is 10.4. The van der Waals surface area contributed by atoms with E-state index in [-0.39, 0.29) is 0 Å². The van der Waals surface area contributed by atoms with E-state index < -0.39 is 15.2 Å². The maximum absolute atomic E-state index is 14.1. The van der Waals surface area contributed by atoms with Gasteiger partial charge in [0.05, 0.1) is 10.8 Å². The molecule has 5 aliphatic carbocycles. The second-order valence-electron chi connectivity index (χ2n) is 15.3. The maximum Gasteiger partial charge on any atom is 0.151 e. The number of hydrogen-bond donors (Lipinski definition) is 0. The van der Waals surface area contributed by atoms with Crippen LogP contribution in [0.2, 0.25) is 0 Å². The van der Waals surface area contributed by atoms with Gasteiger partial charge in [-0.1, -0.05) is 114 Å². The predicted molar refractivity (Wildman–Crippen MR) is 167 cm³/mol. The number of alkyl halides is 2. The summed E-state index contributed by atoms with van der Waals surface area (Å²) >= 11 is 14.7. The third-order valence-corrected chi connectivity index (χ3v) is 14.8. The topological polar surface area (TPSA) is 17.1 Å². The van der Waals surface area contributed by atoms with Crippen molar-refractivity contribution in [3.05, 3.63) is 0 Å². The average molecular weight is 580 g/mol. The zero-order valence-corrected chi connectivity index (χ0v) is 27.1. The van der Waals surface area contributed by atoms with E-state index in [2.05, 4.69) is 13.8 Å². The molecule has 0 aromatic heterocycles. The lowest BCUT2D eigenvalue weighted by atomic mass is 9.41. The van der Waals surface area contributed by atoms with Crippen LogP contribution in [-0.4, -0.2) is 10.1 Å². The number of carbonyl (C=O) groups is 1. The van der Waals surface area contributed by atoms with Gasteiger partial charge < -0.3 is 0 Å². The minimum atomic E-state index is -0.832. The molecule has 0 bridgehead atoms. The molecule has 0 amide bonds. The molecule has 0 atom stereocenters. The van der Waals surface area contributed by atoms with Crippen LogP contribution >= 0.6 is 23.2 Å². The molecule has 2 spiro atoms. The van der Waals surface area contributed by atoms with Crippen LogP contribution in [0.15, 0.2) is 0 Å². The number of unbranched alkanes of at least 4 members (excludes halogenated alkanes) is 4. The van der Waals surface area contributed by atoms with Gasteiger partial charge in [-0.3, -0.25) is 4.79 Å². The average Bonchev–Trinajstić information content (AvgIpc) is 2.98. The maximum atomic E-state index is 14.1. The molecule has 5 aliphatic rings. The first kappa shape index (κ1) is 30.7. The van der Waals surface area contributed by atoms with E-state index in [0.717, 1.165) is 61.2 Å². The molecule has 0 radical (unpaired) electrons. The van der Waals surface area contributed by atoms with Crippen LogP contribution in [0, 0.1) is 46.3 Å². The number of hydrogen-bond acceptors (Lipinski definition) is 1. The monoisotopic (exact) mass is 578 g/mol. The fraction of sp³-hybridized carbons (Fsp3) is 0.972. The molecule has 39 heavy (non-hydrogen) atoms. The Bertz CT molecular complexity index is 710. The summed E-state index contributed by atoms with van der Waals surface area (Å²) in [4.78, 5) is 14.1. The predicted octanol–water partition coefficient (Wildman–Crippen LogP) is 11.9. The first-order chi connectivity index (χ1) is 18.9. The molecular formula is C36H60Cl2O. The summed E-state index contributed by atoms with van der Waals surface area (Å²) in [5.74, 6) is 5.80. The van der Waals surface area contributed by atoms with E-state index in [0.29, 0.717) is 5.78 Å². The van der Waals surface area contributed by atoms with Crippen molar-refractivity contribution in [3.8, 4) is 0 Å². The molecule has 0 aromatic carbocycles. The highest BCUT2D eigenvalue weighted by Gasteiger charge is 2.79. The van der Waals surface area contributed by atoms with E-state index in [1.54, 1.807) is 0 Å². The molecule has 0 N–H and O–H groups in total. The number of carbonyl (C=O) groups excluding carboxylic acids is 1. The van der Waals surface area contributed by atoms with Gasteiger partial charge in [0.25, 0.3) is 0 Å². The number of ketones is 1. The molecule has 0 aliphatic heterocycles. The fourth-order valence-electron chi connectivity index (χ4n) is 10.7. The lowest BCUT2D eigenvalue weighted by Gasteiger charge is -2.67. The summed E-state index contributed by atoms with van der Waals surface area (Å²) in [6.07, 6.45) is 31.2. The van der Waals surface area contributed by atoms with Gasteiger partial charge in [0, 0.05) is 0 Å². The van der Waals surface area contributed by atoms with Crippen molar-refractivity contribution in [1.29, 1.82) is 0 Å². The largest absolute Gasteiger partial charge is 0.298 e. The highest BCUT2D eigenvalue weighted by Crippen LogP contribution is 2.75. The molecule has 5 fully saturated rings. The summed E-state index contributed by atoms with van der Waals surface area (Å²) in [6, 6.07) is 0. The van der Waals surface area contributed by atoms with Crippen LogP contribution in [0.1, 0.15) is 168 Å². The number of halogens is 2. The van der Waals surface area contributed by atoms with Crippen molar-refractivity contribution in [2.75, 3.05) is 0 Å². The molecule has 0 aromatic rings. The minimum Gasteiger partial charge on any atom is -0.298 e. The standard InChI is InChI=1S/C36H60Cl2O/c1-3-5-7-9-27-11-15-29(16-12-27)31-19-23-34(24-20-31)33(39)35(36(34,37)38)25-21-32(22-26-35)30-17-13-28(14-18-30)10-8-6-4-2/h27-32H,3-26H2,1-2H3/t27-,28-,29-,30-,31?,32?,34?,35?. The van der Waals surface area contributed by atoms with Crippen LogP contribution in [0.5, 0.6) is 0 Å². The number of rotatable bonds is 10. The molecule has 5 saturated carbocycles. The Labute approximate surface area is 251 Å². The van der Waals surface area contributed by atoms with Crippen LogP contribution in [0.25, 0.3) is 0 Å². The van der Waals surface area contributed by atoms with Crippen LogP contribution in [0.4, 0.5) is 0 Å². The van der Waals surface area contributed by atoms with Crippen molar-refractivity contribution in [3.63, 3.8) is 0 Å². The van der Waals surface area contributed by atoms with Gasteiger partial charge in [-0.2, -0.15) is 0 Å².